The van der Waals surface area contributed by atoms with Gasteiger partial charge in [0.1, 0.15) is 0 Å². The average Bonchev–Trinajstić information content (AvgIpc) is 2.40. The van der Waals surface area contributed by atoms with Gasteiger partial charge in [0.15, 0.2) is 0 Å². The van der Waals surface area contributed by atoms with Crippen LogP contribution in [0, 0.1) is 0 Å². The normalized spacial score (nSPS) is 10.0. The Morgan fingerprint density at radius 3 is 2.61 bits per heavy atom. The molecule has 1 heterocycles. The van der Waals surface area contributed by atoms with Crippen LogP contribution in [-0.4, -0.2) is 10.9 Å². The Morgan fingerprint density at radius 1 is 1.17 bits per heavy atom. The molecule has 4 heteroatoms. The van der Waals surface area contributed by atoms with E-state index in [9.17, 15) is 4.79 Å². The van der Waals surface area contributed by atoms with Crippen molar-refractivity contribution in [2.75, 3.05) is 5.73 Å². The number of aromatic nitrogens is 1. The molecule has 0 fully saturated rings. The number of hydrogen-bond acceptors (Lipinski definition) is 3. The van der Waals surface area contributed by atoms with Gasteiger partial charge < -0.3 is 11.1 Å². The fourth-order valence-electron chi connectivity index (χ4n) is 1.63. The van der Waals surface area contributed by atoms with Gasteiger partial charge in [-0.2, -0.15) is 0 Å². The first-order valence-corrected chi connectivity index (χ1v) is 5.74. The van der Waals surface area contributed by atoms with E-state index in [2.05, 4.69) is 10.3 Å². The van der Waals surface area contributed by atoms with Crippen molar-refractivity contribution in [3.63, 3.8) is 0 Å². The molecule has 2 rings (SSSR count). The van der Waals surface area contributed by atoms with Crippen molar-refractivity contribution in [1.29, 1.82) is 0 Å². The number of para-hydroxylation sites is 1. The molecule has 0 aliphatic heterocycles. The zero-order chi connectivity index (χ0) is 12.8. The van der Waals surface area contributed by atoms with Crippen molar-refractivity contribution in [2.45, 2.75) is 13.0 Å². The predicted octanol–water partition coefficient (Wildman–Crippen LogP) is 1.52. The molecule has 4 nitrogen and oxygen atoms in total. The van der Waals surface area contributed by atoms with Crippen LogP contribution in [0.25, 0.3) is 0 Å². The van der Waals surface area contributed by atoms with Gasteiger partial charge in [-0.15, -0.1) is 0 Å². The molecule has 0 saturated heterocycles. The molecular formula is C14H15N3O. The molecule has 1 aromatic heterocycles. The molecule has 1 amide bonds. The summed E-state index contributed by atoms with van der Waals surface area (Å²) in [6, 6.07) is 11.1. The summed E-state index contributed by atoms with van der Waals surface area (Å²) in [5.41, 5.74) is 8.32. The van der Waals surface area contributed by atoms with Gasteiger partial charge in [-0.1, -0.05) is 18.2 Å². The molecule has 92 valence electrons. The first-order chi connectivity index (χ1) is 8.75. The van der Waals surface area contributed by atoms with Gasteiger partial charge >= 0.3 is 0 Å². The van der Waals surface area contributed by atoms with Crippen LogP contribution in [-0.2, 0) is 17.8 Å². The van der Waals surface area contributed by atoms with Crippen LogP contribution in [0.15, 0.2) is 48.8 Å². The van der Waals surface area contributed by atoms with E-state index < -0.39 is 0 Å². The van der Waals surface area contributed by atoms with Crippen molar-refractivity contribution < 1.29 is 4.79 Å². The number of carbonyl (C=O) groups excluding carboxylic acids is 1. The summed E-state index contributed by atoms with van der Waals surface area (Å²) >= 11 is 0. The Kier molecular flexibility index (Phi) is 3.91. The van der Waals surface area contributed by atoms with Crippen LogP contribution in [0.4, 0.5) is 5.69 Å². The summed E-state index contributed by atoms with van der Waals surface area (Å²) in [6.45, 7) is 0.508. The Morgan fingerprint density at radius 2 is 1.89 bits per heavy atom. The van der Waals surface area contributed by atoms with Crippen molar-refractivity contribution in [1.82, 2.24) is 10.3 Å². The van der Waals surface area contributed by atoms with Gasteiger partial charge in [-0.3, -0.25) is 9.78 Å². The fraction of sp³-hybridized carbons (Fsp3) is 0.143. The Hall–Kier alpha value is -2.36. The van der Waals surface area contributed by atoms with E-state index in [4.69, 9.17) is 5.73 Å². The van der Waals surface area contributed by atoms with Gasteiger partial charge in [0.2, 0.25) is 5.91 Å². The number of hydrogen-bond donors (Lipinski definition) is 2. The molecule has 3 N–H and O–H groups in total. The van der Waals surface area contributed by atoms with Crippen LogP contribution in [0.5, 0.6) is 0 Å². The largest absolute Gasteiger partial charge is 0.398 e. The van der Waals surface area contributed by atoms with E-state index in [0.717, 1.165) is 11.1 Å². The number of pyridine rings is 1. The highest BCUT2D eigenvalue weighted by Crippen LogP contribution is 2.10. The molecule has 0 saturated carbocycles. The molecule has 0 bridgehead atoms. The highest BCUT2D eigenvalue weighted by Gasteiger charge is 2.05. The standard InChI is InChI=1S/C14H15N3O/c15-13-4-2-1-3-12(13)9-14(18)17-10-11-5-7-16-8-6-11/h1-8H,9-10,15H2,(H,17,18). The number of nitrogens with zero attached hydrogens (tertiary/aromatic N) is 1. The van der Waals surface area contributed by atoms with Crippen molar-refractivity contribution in [3.05, 3.63) is 59.9 Å². The highest BCUT2D eigenvalue weighted by molar-refractivity contribution is 5.80. The third kappa shape index (κ3) is 3.31. The Labute approximate surface area is 106 Å². The first-order valence-electron chi connectivity index (χ1n) is 5.74. The number of carbonyl (C=O) groups is 1. The van der Waals surface area contributed by atoms with E-state index >= 15 is 0 Å². The number of benzene rings is 1. The van der Waals surface area contributed by atoms with E-state index in [1.165, 1.54) is 0 Å². The second-order valence-electron chi connectivity index (χ2n) is 4.01. The number of nitrogens with one attached hydrogen (secondary N) is 1. The molecule has 0 unspecified atom stereocenters. The average molecular weight is 241 g/mol. The third-order valence-electron chi connectivity index (χ3n) is 2.65. The second-order valence-corrected chi connectivity index (χ2v) is 4.01. The van der Waals surface area contributed by atoms with Crippen LogP contribution < -0.4 is 11.1 Å². The molecule has 0 spiro atoms. The number of amides is 1. The number of anilines is 1. The minimum absolute atomic E-state index is 0.0373. The summed E-state index contributed by atoms with van der Waals surface area (Å²) in [4.78, 5) is 15.7. The third-order valence-corrected chi connectivity index (χ3v) is 2.65. The SMILES string of the molecule is Nc1ccccc1CC(=O)NCc1ccncc1. The van der Waals surface area contributed by atoms with E-state index in [-0.39, 0.29) is 5.91 Å². The van der Waals surface area contributed by atoms with Crippen LogP contribution in [0.2, 0.25) is 0 Å². The van der Waals surface area contributed by atoms with Crippen LogP contribution in [0.1, 0.15) is 11.1 Å². The summed E-state index contributed by atoms with van der Waals surface area (Å²) in [7, 11) is 0. The monoisotopic (exact) mass is 241 g/mol. The maximum atomic E-state index is 11.8. The number of nitrogen functional groups attached to an aromatic ring is 1. The van der Waals surface area contributed by atoms with Gasteiger partial charge in [0.05, 0.1) is 6.42 Å². The van der Waals surface area contributed by atoms with Crippen molar-refractivity contribution in [3.8, 4) is 0 Å². The molecule has 0 aliphatic rings. The molecular weight excluding hydrogens is 226 g/mol. The van der Waals surface area contributed by atoms with Gasteiger partial charge in [-0.25, -0.2) is 0 Å². The second kappa shape index (κ2) is 5.82. The summed E-state index contributed by atoms with van der Waals surface area (Å²) in [5.74, 6) is -0.0373. The lowest BCUT2D eigenvalue weighted by Gasteiger charge is -2.07. The summed E-state index contributed by atoms with van der Waals surface area (Å²) in [5, 5.41) is 2.85. The first kappa shape index (κ1) is 12.1. The Bertz CT molecular complexity index is 526. The van der Waals surface area contributed by atoms with E-state index in [1.807, 2.05) is 30.3 Å². The van der Waals surface area contributed by atoms with Crippen LogP contribution in [0.3, 0.4) is 0 Å². The number of nitrogens with two attached hydrogens (primary N) is 1. The minimum Gasteiger partial charge on any atom is -0.398 e. The lowest BCUT2D eigenvalue weighted by Crippen LogP contribution is -2.24. The van der Waals surface area contributed by atoms with Crippen molar-refractivity contribution in [2.24, 2.45) is 0 Å². The van der Waals surface area contributed by atoms with Crippen LogP contribution >= 0.6 is 0 Å². The maximum absolute atomic E-state index is 11.8. The lowest BCUT2D eigenvalue weighted by molar-refractivity contribution is -0.120. The molecule has 0 atom stereocenters. The fourth-order valence-corrected chi connectivity index (χ4v) is 1.63. The number of rotatable bonds is 4. The molecule has 0 aliphatic carbocycles. The minimum atomic E-state index is -0.0373. The summed E-state index contributed by atoms with van der Waals surface area (Å²) < 4.78 is 0. The van der Waals surface area contributed by atoms with E-state index in [1.54, 1.807) is 18.5 Å². The van der Waals surface area contributed by atoms with Gasteiger partial charge in [0.25, 0.3) is 0 Å². The smallest absolute Gasteiger partial charge is 0.224 e. The predicted molar refractivity (Wildman–Crippen MR) is 70.6 cm³/mol. The highest BCUT2D eigenvalue weighted by atomic mass is 16.1. The molecule has 2 aromatic rings. The summed E-state index contributed by atoms with van der Waals surface area (Å²) in [6.07, 6.45) is 3.71. The molecule has 0 radical (unpaired) electrons. The lowest BCUT2D eigenvalue weighted by atomic mass is 10.1. The van der Waals surface area contributed by atoms with Gasteiger partial charge in [0, 0.05) is 24.6 Å². The zero-order valence-corrected chi connectivity index (χ0v) is 9.97. The van der Waals surface area contributed by atoms with E-state index in [0.29, 0.717) is 18.7 Å². The Balaban J connectivity index is 1.88. The van der Waals surface area contributed by atoms with Crippen molar-refractivity contribution >= 4 is 11.6 Å². The molecule has 1 aromatic carbocycles. The quantitative estimate of drug-likeness (QED) is 0.797. The maximum Gasteiger partial charge on any atom is 0.224 e. The zero-order valence-electron chi connectivity index (χ0n) is 9.97. The van der Waals surface area contributed by atoms with Gasteiger partial charge in [-0.05, 0) is 29.3 Å². The topological polar surface area (TPSA) is 68.0 Å². The molecule has 18 heavy (non-hydrogen) atoms.